The monoisotopic (exact) mass is 251 g/mol. The summed E-state index contributed by atoms with van der Waals surface area (Å²) in [5.74, 6) is 0. The molecule has 0 unspecified atom stereocenters. The number of aromatic nitrogens is 2. The van der Waals surface area contributed by atoms with Crippen molar-refractivity contribution in [3.05, 3.63) is 46.7 Å². The van der Waals surface area contributed by atoms with Gasteiger partial charge in [-0.2, -0.15) is 5.10 Å². The lowest BCUT2D eigenvalue weighted by molar-refractivity contribution is 0.880. The van der Waals surface area contributed by atoms with Crippen LogP contribution in [0.15, 0.2) is 30.6 Å². The zero-order valence-electron chi connectivity index (χ0n) is 8.64. The first kappa shape index (κ1) is 11.1. The third-order valence-electron chi connectivity index (χ3n) is 2.19. The van der Waals surface area contributed by atoms with Crippen LogP contribution in [0.4, 0.5) is 0 Å². The number of halogens is 1. The maximum Gasteiger partial charge on any atom is 0.105 e. The van der Waals surface area contributed by atoms with Gasteiger partial charge in [-0.3, -0.25) is 0 Å². The maximum absolute atomic E-state index is 6.07. The van der Waals surface area contributed by atoms with Crippen molar-refractivity contribution < 1.29 is 0 Å². The summed E-state index contributed by atoms with van der Waals surface area (Å²) in [4.78, 5) is 0.299. The molecule has 0 aliphatic carbocycles. The molecule has 16 heavy (non-hydrogen) atoms. The second-order valence-electron chi connectivity index (χ2n) is 3.49. The van der Waals surface area contributed by atoms with Gasteiger partial charge >= 0.3 is 0 Å². The van der Waals surface area contributed by atoms with Crippen molar-refractivity contribution >= 4 is 28.8 Å². The Kier molecular flexibility index (Phi) is 2.94. The van der Waals surface area contributed by atoms with Crippen LogP contribution in [0.3, 0.4) is 0 Å². The second-order valence-corrected chi connectivity index (χ2v) is 4.34. The Hall–Kier alpha value is -1.39. The lowest BCUT2D eigenvalue weighted by atomic mass is 10.2. The van der Waals surface area contributed by atoms with Crippen LogP contribution in [0.25, 0.3) is 5.69 Å². The van der Waals surface area contributed by atoms with Crippen LogP contribution in [0.5, 0.6) is 0 Å². The topological polar surface area (TPSA) is 43.8 Å². The number of hydrogen-bond acceptors (Lipinski definition) is 2. The van der Waals surface area contributed by atoms with Crippen molar-refractivity contribution in [2.75, 3.05) is 0 Å². The minimum Gasteiger partial charge on any atom is -0.389 e. The first-order valence-corrected chi connectivity index (χ1v) is 5.47. The first-order chi connectivity index (χ1) is 7.58. The van der Waals surface area contributed by atoms with Crippen LogP contribution in [0, 0.1) is 6.92 Å². The third kappa shape index (κ3) is 2.08. The number of nitrogens with two attached hydrogens (primary N) is 1. The number of hydrogen-bond donors (Lipinski definition) is 1. The van der Waals surface area contributed by atoms with Gasteiger partial charge in [-0.15, -0.1) is 0 Å². The van der Waals surface area contributed by atoms with Gasteiger partial charge in [0.1, 0.15) is 4.99 Å². The predicted molar refractivity (Wildman–Crippen MR) is 69.2 cm³/mol. The van der Waals surface area contributed by atoms with E-state index in [9.17, 15) is 0 Å². The lowest BCUT2D eigenvalue weighted by Gasteiger charge is -2.05. The highest BCUT2D eigenvalue weighted by atomic mass is 35.5. The second kappa shape index (κ2) is 4.23. The summed E-state index contributed by atoms with van der Waals surface area (Å²) in [7, 11) is 0. The van der Waals surface area contributed by atoms with Crippen molar-refractivity contribution in [1.82, 2.24) is 9.78 Å². The molecule has 0 saturated heterocycles. The van der Waals surface area contributed by atoms with Crippen molar-refractivity contribution in [2.45, 2.75) is 6.92 Å². The molecular formula is C11H10ClN3S. The van der Waals surface area contributed by atoms with E-state index < -0.39 is 0 Å². The van der Waals surface area contributed by atoms with Crippen molar-refractivity contribution in [3.8, 4) is 5.69 Å². The Morgan fingerprint density at radius 2 is 2.25 bits per heavy atom. The molecule has 5 heteroatoms. The van der Waals surface area contributed by atoms with E-state index in [2.05, 4.69) is 5.10 Å². The minimum absolute atomic E-state index is 0.299. The summed E-state index contributed by atoms with van der Waals surface area (Å²) < 4.78 is 1.75. The fourth-order valence-corrected chi connectivity index (χ4v) is 1.91. The van der Waals surface area contributed by atoms with Crippen LogP contribution in [0.1, 0.15) is 11.1 Å². The van der Waals surface area contributed by atoms with Gasteiger partial charge in [0.05, 0.1) is 16.9 Å². The molecule has 82 valence electrons. The first-order valence-electron chi connectivity index (χ1n) is 4.69. The highest BCUT2D eigenvalue weighted by Gasteiger charge is 2.05. The molecule has 0 saturated carbocycles. The van der Waals surface area contributed by atoms with Gasteiger partial charge in [-0.25, -0.2) is 4.68 Å². The Bertz CT molecular complexity index is 548. The standard InChI is InChI=1S/C11H10ClN3S/c1-7-5-14-15(6-7)8-2-3-9(11(13)16)10(12)4-8/h2-6H,1H3,(H2,13,16). The Labute approximate surface area is 104 Å². The van der Waals surface area contributed by atoms with Crippen molar-refractivity contribution in [2.24, 2.45) is 5.73 Å². The van der Waals surface area contributed by atoms with Gasteiger partial charge in [0.15, 0.2) is 0 Å². The Morgan fingerprint density at radius 1 is 1.50 bits per heavy atom. The van der Waals surface area contributed by atoms with Crippen LogP contribution >= 0.6 is 23.8 Å². The molecule has 2 N–H and O–H groups in total. The van der Waals surface area contributed by atoms with Gasteiger partial charge in [-0.05, 0) is 30.7 Å². The molecule has 0 amide bonds. The van der Waals surface area contributed by atoms with Gasteiger partial charge in [0.2, 0.25) is 0 Å². The number of rotatable bonds is 2. The molecule has 2 aromatic rings. The minimum atomic E-state index is 0.299. The van der Waals surface area contributed by atoms with Crippen LogP contribution in [-0.4, -0.2) is 14.8 Å². The van der Waals surface area contributed by atoms with Gasteiger partial charge in [-0.1, -0.05) is 23.8 Å². The van der Waals surface area contributed by atoms with E-state index in [4.69, 9.17) is 29.6 Å². The van der Waals surface area contributed by atoms with E-state index in [1.54, 1.807) is 23.0 Å². The zero-order valence-corrected chi connectivity index (χ0v) is 10.2. The molecule has 1 aromatic carbocycles. The molecule has 0 fully saturated rings. The molecule has 0 bridgehead atoms. The highest BCUT2D eigenvalue weighted by Crippen LogP contribution is 2.20. The van der Waals surface area contributed by atoms with Crippen molar-refractivity contribution in [1.29, 1.82) is 0 Å². The van der Waals surface area contributed by atoms with Crippen LogP contribution in [0.2, 0.25) is 5.02 Å². The molecule has 0 spiro atoms. The van der Waals surface area contributed by atoms with E-state index in [-0.39, 0.29) is 0 Å². The summed E-state index contributed by atoms with van der Waals surface area (Å²) in [6.07, 6.45) is 3.71. The summed E-state index contributed by atoms with van der Waals surface area (Å²) in [6, 6.07) is 5.48. The van der Waals surface area contributed by atoms with E-state index in [0.29, 0.717) is 15.6 Å². The van der Waals surface area contributed by atoms with Gasteiger partial charge < -0.3 is 5.73 Å². The molecule has 1 heterocycles. The number of aryl methyl sites for hydroxylation is 1. The van der Waals surface area contributed by atoms with E-state index >= 15 is 0 Å². The van der Waals surface area contributed by atoms with E-state index in [1.165, 1.54) is 0 Å². The Morgan fingerprint density at radius 3 is 2.75 bits per heavy atom. The van der Waals surface area contributed by atoms with Crippen molar-refractivity contribution in [3.63, 3.8) is 0 Å². The maximum atomic E-state index is 6.07. The molecule has 0 aliphatic heterocycles. The molecule has 3 nitrogen and oxygen atoms in total. The fourth-order valence-electron chi connectivity index (χ4n) is 1.40. The molecule has 1 aromatic heterocycles. The van der Waals surface area contributed by atoms with E-state index in [1.807, 2.05) is 19.2 Å². The summed E-state index contributed by atoms with van der Waals surface area (Å²) in [5, 5.41) is 4.74. The van der Waals surface area contributed by atoms with E-state index in [0.717, 1.165) is 11.3 Å². The fraction of sp³-hybridized carbons (Fsp3) is 0.0909. The molecule has 0 atom stereocenters. The highest BCUT2D eigenvalue weighted by molar-refractivity contribution is 7.80. The lowest BCUT2D eigenvalue weighted by Crippen LogP contribution is -2.10. The largest absolute Gasteiger partial charge is 0.389 e. The van der Waals surface area contributed by atoms with Crippen LogP contribution < -0.4 is 5.73 Å². The summed E-state index contributed by atoms with van der Waals surface area (Å²) in [5.41, 5.74) is 8.20. The third-order valence-corrected chi connectivity index (χ3v) is 2.73. The average Bonchev–Trinajstić information content (AvgIpc) is 2.64. The zero-order chi connectivity index (χ0) is 11.7. The predicted octanol–water partition coefficient (Wildman–Crippen LogP) is 2.47. The SMILES string of the molecule is Cc1cnn(-c2ccc(C(N)=S)c(Cl)c2)c1. The Balaban J connectivity index is 2.45. The smallest absolute Gasteiger partial charge is 0.105 e. The average molecular weight is 252 g/mol. The molecule has 2 rings (SSSR count). The molecule has 0 aliphatic rings. The van der Waals surface area contributed by atoms with Gasteiger partial charge in [0.25, 0.3) is 0 Å². The number of nitrogens with zero attached hydrogens (tertiary/aromatic N) is 2. The summed E-state index contributed by atoms with van der Waals surface area (Å²) in [6.45, 7) is 1.98. The molecular weight excluding hydrogens is 242 g/mol. The summed E-state index contributed by atoms with van der Waals surface area (Å²) >= 11 is 11.0. The van der Waals surface area contributed by atoms with Gasteiger partial charge in [0, 0.05) is 11.8 Å². The molecule has 0 radical (unpaired) electrons. The van der Waals surface area contributed by atoms with Crippen LogP contribution in [-0.2, 0) is 0 Å². The quantitative estimate of drug-likeness (QED) is 0.834. The number of benzene rings is 1. The number of thiocarbonyl (C=S) groups is 1. The normalized spacial score (nSPS) is 10.4.